The van der Waals surface area contributed by atoms with Crippen molar-refractivity contribution in [2.75, 3.05) is 0 Å². The number of nitrogens with zero attached hydrogens (tertiary/aromatic N) is 1. The number of halogens is 3. The summed E-state index contributed by atoms with van der Waals surface area (Å²) in [7, 11) is 0. The van der Waals surface area contributed by atoms with Gasteiger partial charge in [0.15, 0.2) is 4.47 Å². The molecule has 1 aromatic carbocycles. The van der Waals surface area contributed by atoms with Crippen molar-refractivity contribution >= 4 is 46.1 Å². The molecule has 72 valence electrons. The number of thiazole rings is 1. The van der Waals surface area contributed by atoms with Crippen LogP contribution in [0.25, 0.3) is 11.3 Å². The van der Waals surface area contributed by atoms with Crippen LogP contribution in [0.2, 0.25) is 14.5 Å². The smallest absolute Gasteiger partial charge is 0.184 e. The van der Waals surface area contributed by atoms with Crippen LogP contribution in [-0.4, -0.2) is 4.98 Å². The Morgan fingerprint density at radius 1 is 1.07 bits per heavy atom. The topological polar surface area (TPSA) is 12.9 Å². The van der Waals surface area contributed by atoms with Crippen molar-refractivity contribution in [3.05, 3.63) is 38.1 Å². The van der Waals surface area contributed by atoms with E-state index in [-0.39, 0.29) is 0 Å². The fourth-order valence-corrected chi connectivity index (χ4v) is 2.46. The fourth-order valence-electron chi connectivity index (χ4n) is 1.11. The number of hydrogen-bond donors (Lipinski definition) is 0. The Balaban J connectivity index is 2.61. The van der Waals surface area contributed by atoms with Gasteiger partial charge in [0.25, 0.3) is 0 Å². The second-order valence-corrected chi connectivity index (χ2v) is 4.84. The first-order valence-corrected chi connectivity index (χ1v) is 5.75. The highest BCUT2D eigenvalue weighted by Crippen LogP contribution is 2.35. The average Bonchev–Trinajstić information content (AvgIpc) is 2.51. The molecule has 0 saturated heterocycles. The first-order chi connectivity index (χ1) is 6.68. The molecule has 0 saturated carbocycles. The molecule has 5 heteroatoms. The van der Waals surface area contributed by atoms with Crippen molar-refractivity contribution < 1.29 is 0 Å². The summed E-state index contributed by atoms with van der Waals surface area (Å²) < 4.78 is 0.482. The molecule has 2 aromatic rings. The number of rotatable bonds is 1. The molecule has 0 spiro atoms. The van der Waals surface area contributed by atoms with Gasteiger partial charge in [-0.05, 0) is 12.1 Å². The molecule has 0 bridgehead atoms. The maximum absolute atomic E-state index is 6.01. The molecule has 0 unspecified atom stereocenters. The van der Waals surface area contributed by atoms with E-state index in [2.05, 4.69) is 4.98 Å². The molecule has 0 amide bonds. The molecule has 0 N–H and O–H groups in total. The number of aromatic nitrogens is 1. The Bertz CT molecular complexity index is 447. The Kier molecular flexibility index (Phi) is 2.98. The van der Waals surface area contributed by atoms with E-state index in [1.807, 2.05) is 5.38 Å². The molecule has 14 heavy (non-hydrogen) atoms. The molecule has 1 nitrogen and oxygen atoms in total. The number of benzene rings is 1. The van der Waals surface area contributed by atoms with Crippen LogP contribution in [0.5, 0.6) is 0 Å². The molecule has 0 aliphatic carbocycles. The molecule has 1 aromatic heterocycles. The second-order valence-electron chi connectivity index (χ2n) is 2.58. The van der Waals surface area contributed by atoms with Crippen molar-refractivity contribution in [3.63, 3.8) is 0 Å². The molecule has 0 aliphatic rings. The molecule has 0 atom stereocenters. The van der Waals surface area contributed by atoms with Gasteiger partial charge in [-0.25, -0.2) is 4.98 Å². The van der Waals surface area contributed by atoms with Crippen LogP contribution >= 0.6 is 46.1 Å². The standard InChI is InChI=1S/C9H4Cl3NS/c10-5-2-1-3-6(11)8(5)7-4-14-9(12)13-7/h1-4H. The summed E-state index contributed by atoms with van der Waals surface area (Å²) in [5.41, 5.74) is 1.45. The van der Waals surface area contributed by atoms with Crippen LogP contribution in [-0.2, 0) is 0 Å². The summed E-state index contributed by atoms with van der Waals surface area (Å²) in [5, 5.41) is 2.99. The third-order valence-electron chi connectivity index (χ3n) is 1.70. The lowest BCUT2D eigenvalue weighted by atomic mass is 10.2. The summed E-state index contributed by atoms with van der Waals surface area (Å²) in [5.74, 6) is 0. The van der Waals surface area contributed by atoms with Crippen LogP contribution in [0.3, 0.4) is 0 Å². The van der Waals surface area contributed by atoms with Crippen molar-refractivity contribution in [1.82, 2.24) is 4.98 Å². The first kappa shape index (κ1) is 10.2. The van der Waals surface area contributed by atoms with Crippen LogP contribution in [0.4, 0.5) is 0 Å². The van der Waals surface area contributed by atoms with E-state index < -0.39 is 0 Å². The van der Waals surface area contributed by atoms with E-state index in [1.165, 1.54) is 11.3 Å². The van der Waals surface area contributed by atoms with Crippen LogP contribution in [0.1, 0.15) is 0 Å². The van der Waals surface area contributed by atoms with Gasteiger partial charge in [-0.3, -0.25) is 0 Å². The van der Waals surface area contributed by atoms with Gasteiger partial charge in [0, 0.05) is 10.9 Å². The molecular weight excluding hydrogens is 261 g/mol. The minimum absolute atomic E-state index is 0.482. The minimum atomic E-state index is 0.482. The summed E-state index contributed by atoms with van der Waals surface area (Å²) in [6.07, 6.45) is 0. The summed E-state index contributed by atoms with van der Waals surface area (Å²) in [4.78, 5) is 4.12. The van der Waals surface area contributed by atoms with Crippen LogP contribution in [0.15, 0.2) is 23.6 Å². The summed E-state index contributed by atoms with van der Waals surface area (Å²) in [6, 6.07) is 5.34. The summed E-state index contributed by atoms with van der Waals surface area (Å²) >= 11 is 19.1. The van der Waals surface area contributed by atoms with Gasteiger partial charge < -0.3 is 0 Å². The average molecular weight is 265 g/mol. The quantitative estimate of drug-likeness (QED) is 0.723. The second kappa shape index (κ2) is 4.07. The van der Waals surface area contributed by atoms with E-state index in [4.69, 9.17) is 34.8 Å². The van der Waals surface area contributed by atoms with Crippen molar-refractivity contribution in [1.29, 1.82) is 0 Å². The maximum atomic E-state index is 6.01. The SMILES string of the molecule is Clc1nc(-c2c(Cl)cccc2Cl)cs1. The zero-order valence-corrected chi connectivity index (χ0v) is 9.88. The molecule has 2 rings (SSSR count). The Hall–Kier alpha value is -0.280. The van der Waals surface area contributed by atoms with Gasteiger partial charge in [-0.2, -0.15) is 0 Å². The van der Waals surface area contributed by atoms with E-state index >= 15 is 0 Å². The van der Waals surface area contributed by atoms with E-state index in [0.29, 0.717) is 14.5 Å². The van der Waals surface area contributed by atoms with E-state index in [9.17, 15) is 0 Å². The van der Waals surface area contributed by atoms with Crippen LogP contribution < -0.4 is 0 Å². The van der Waals surface area contributed by atoms with Gasteiger partial charge in [0.1, 0.15) is 0 Å². The molecule has 0 fully saturated rings. The van der Waals surface area contributed by atoms with Crippen molar-refractivity contribution in [3.8, 4) is 11.3 Å². The lowest BCUT2D eigenvalue weighted by Gasteiger charge is -2.02. The lowest BCUT2D eigenvalue weighted by Crippen LogP contribution is -1.80. The predicted octanol–water partition coefficient (Wildman–Crippen LogP) is 4.77. The fraction of sp³-hybridized carbons (Fsp3) is 0. The third kappa shape index (κ3) is 1.89. The maximum Gasteiger partial charge on any atom is 0.184 e. The van der Waals surface area contributed by atoms with E-state index in [1.54, 1.807) is 18.2 Å². The summed E-state index contributed by atoms with van der Waals surface area (Å²) in [6.45, 7) is 0. The highest BCUT2D eigenvalue weighted by atomic mass is 35.5. The zero-order chi connectivity index (χ0) is 10.1. The molecular formula is C9H4Cl3NS. The lowest BCUT2D eigenvalue weighted by molar-refractivity contribution is 1.41. The molecule has 0 aliphatic heterocycles. The highest BCUT2D eigenvalue weighted by Gasteiger charge is 2.10. The van der Waals surface area contributed by atoms with Gasteiger partial charge in [0.05, 0.1) is 15.7 Å². The minimum Gasteiger partial charge on any atom is -0.225 e. The monoisotopic (exact) mass is 263 g/mol. The van der Waals surface area contributed by atoms with Crippen molar-refractivity contribution in [2.24, 2.45) is 0 Å². The normalized spacial score (nSPS) is 10.5. The Morgan fingerprint density at radius 3 is 2.21 bits per heavy atom. The van der Waals surface area contributed by atoms with Gasteiger partial charge in [-0.15, -0.1) is 11.3 Å². The Morgan fingerprint density at radius 2 is 1.71 bits per heavy atom. The van der Waals surface area contributed by atoms with Crippen LogP contribution in [0, 0.1) is 0 Å². The third-order valence-corrected chi connectivity index (χ3v) is 3.30. The zero-order valence-electron chi connectivity index (χ0n) is 6.80. The Labute approximate surface area is 100 Å². The largest absolute Gasteiger partial charge is 0.225 e. The molecule has 0 radical (unpaired) electrons. The van der Waals surface area contributed by atoms with Crippen molar-refractivity contribution in [2.45, 2.75) is 0 Å². The van der Waals surface area contributed by atoms with Gasteiger partial charge in [0.2, 0.25) is 0 Å². The van der Waals surface area contributed by atoms with Gasteiger partial charge >= 0.3 is 0 Å². The first-order valence-electron chi connectivity index (χ1n) is 3.74. The van der Waals surface area contributed by atoms with Gasteiger partial charge in [-0.1, -0.05) is 40.9 Å². The molecule has 1 heterocycles. The van der Waals surface area contributed by atoms with E-state index in [0.717, 1.165) is 11.3 Å². The predicted molar refractivity (Wildman–Crippen MR) is 62.6 cm³/mol. The highest BCUT2D eigenvalue weighted by molar-refractivity contribution is 7.14. The number of hydrogen-bond acceptors (Lipinski definition) is 2.